The average molecular weight is 248 g/mol. The predicted octanol–water partition coefficient (Wildman–Crippen LogP) is 2.02. The van der Waals surface area contributed by atoms with E-state index in [4.69, 9.17) is 5.11 Å². The highest BCUT2D eigenvalue weighted by atomic mass is 79.9. The number of thiazole rings is 1. The molecule has 2 rings (SSSR count). The van der Waals surface area contributed by atoms with Crippen LogP contribution in [0.3, 0.4) is 0 Å². The first-order valence-corrected chi connectivity index (χ1v) is 5.17. The highest BCUT2D eigenvalue weighted by molar-refractivity contribution is 9.11. The van der Waals surface area contributed by atoms with Gasteiger partial charge in [-0.15, -0.1) is 11.3 Å². The molecule has 0 radical (unpaired) electrons. The van der Waals surface area contributed by atoms with Crippen molar-refractivity contribution in [2.45, 2.75) is 18.3 Å². The molecular formula is C7H6BrNO2S. The maximum absolute atomic E-state index is 10.8. The highest BCUT2D eigenvalue weighted by Gasteiger charge is 2.53. The van der Waals surface area contributed by atoms with Crippen molar-refractivity contribution in [2.75, 3.05) is 0 Å². The minimum atomic E-state index is -0.750. The van der Waals surface area contributed by atoms with Crippen molar-refractivity contribution >= 4 is 33.2 Å². The summed E-state index contributed by atoms with van der Waals surface area (Å²) in [4.78, 5) is 15.0. The molecule has 1 aromatic heterocycles. The Morgan fingerprint density at radius 2 is 2.42 bits per heavy atom. The zero-order chi connectivity index (χ0) is 8.77. The molecule has 0 aliphatic heterocycles. The van der Waals surface area contributed by atoms with Crippen molar-refractivity contribution in [2.24, 2.45) is 0 Å². The number of carbonyl (C=O) groups is 1. The second kappa shape index (κ2) is 2.53. The Labute approximate surface area is 81.6 Å². The van der Waals surface area contributed by atoms with Crippen LogP contribution in [0.2, 0.25) is 0 Å². The molecule has 1 saturated carbocycles. The van der Waals surface area contributed by atoms with Gasteiger partial charge in [-0.1, -0.05) is 0 Å². The SMILES string of the molecule is O=C(O)C1(c2csc(Br)n2)CC1. The van der Waals surface area contributed by atoms with E-state index in [0.717, 1.165) is 16.8 Å². The summed E-state index contributed by atoms with van der Waals surface area (Å²) >= 11 is 4.65. The molecule has 3 nitrogen and oxygen atoms in total. The normalized spacial score (nSPS) is 19.1. The molecule has 0 amide bonds. The number of hydrogen-bond donors (Lipinski definition) is 1. The number of aromatic nitrogens is 1. The lowest BCUT2D eigenvalue weighted by Crippen LogP contribution is -2.19. The van der Waals surface area contributed by atoms with Gasteiger partial charge >= 0.3 is 5.97 Å². The van der Waals surface area contributed by atoms with E-state index in [9.17, 15) is 4.79 Å². The average Bonchev–Trinajstić information content (AvgIpc) is 2.71. The van der Waals surface area contributed by atoms with Crippen LogP contribution in [0.15, 0.2) is 9.30 Å². The van der Waals surface area contributed by atoms with E-state index in [0.29, 0.717) is 5.69 Å². The van der Waals surface area contributed by atoms with Crippen LogP contribution >= 0.6 is 27.3 Å². The molecule has 64 valence electrons. The molecule has 0 unspecified atom stereocenters. The topological polar surface area (TPSA) is 50.2 Å². The smallest absolute Gasteiger partial charge is 0.315 e. The van der Waals surface area contributed by atoms with Crippen LogP contribution in [0.1, 0.15) is 18.5 Å². The third-order valence-electron chi connectivity index (χ3n) is 2.13. The van der Waals surface area contributed by atoms with Crippen molar-refractivity contribution in [1.82, 2.24) is 4.98 Å². The second-order valence-corrected chi connectivity index (χ2v) is 5.01. The van der Waals surface area contributed by atoms with Gasteiger partial charge in [0.05, 0.1) is 5.69 Å². The van der Waals surface area contributed by atoms with E-state index in [1.54, 1.807) is 0 Å². The molecule has 0 bridgehead atoms. The lowest BCUT2D eigenvalue weighted by Gasteiger charge is -2.03. The molecule has 0 saturated heterocycles. The van der Waals surface area contributed by atoms with Crippen LogP contribution in [-0.2, 0) is 10.2 Å². The highest BCUT2D eigenvalue weighted by Crippen LogP contribution is 2.48. The van der Waals surface area contributed by atoms with Crippen LogP contribution in [0.25, 0.3) is 0 Å². The van der Waals surface area contributed by atoms with Gasteiger partial charge in [-0.2, -0.15) is 0 Å². The Hall–Kier alpha value is -0.420. The van der Waals surface area contributed by atoms with Gasteiger partial charge in [0.1, 0.15) is 5.41 Å². The Balaban J connectivity index is 2.36. The van der Waals surface area contributed by atoms with Gasteiger partial charge in [0.25, 0.3) is 0 Å². The summed E-state index contributed by atoms with van der Waals surface area (Å²) in [6.45, 7) is 0. The van der Waals surface area contributed by atoms with E-state index in [1.807, 2.05) is 5.38 Å². The first kappa shape index (κ1) is 8.19. The number of carboxylic acid groups (broad SMARTS) is 1. The maximum Gasteiger partial charge on any atom is 0.315 e. The first-order valence-electron chi connectivity index (χ1n) is 3.50. The number of carboxylic acids is 1. The molecule has 12 heavy (non-hydrogen) atoms. The predicted molar refractivity (Wildman–Crippen MR) is 48.4 cm³/mol. The van der Waals surface area contributed by atoms with Gasteiger partial charge in [-0.3, -0.25) is 4.79 Å². The fraction of sp³-hybridized carbons (Fsp3) is 0.429. The first-order chi connectivity index (χ1) is 5.65. The summed E-state index contributed by atoms with van der Waals surface area (Å²) in [6, 6.07) is 0. The Kier molecular flexibility index (Phi) is 1.73. The fourth-order valence-electron chi connectivity index (χ4n) is 1.18. The summed E-state index contributed by atoms with van der Waals surface area (Å²) in [7, 11) is 0. The second-order valence-electron chi connectivity index (χ2n) is 2.87. The minimum Gasteiger partial charge on any atom is -0.481 e. The third kappa shape index (κ3) is 1.08. The molecule has 1 heterocycles. The Morgan fingerprint density at radius 3 is 2.75 bits per heavy atom. The van der Waals surface area contributed by atoms with Gasteiger partial charge in [-0.25, -0.2) is 4.98 Å². The number of nitrogens with zero attached hydrogens (tertiary/aromatic N) is 1. The Morgan fingerprint density at radius 1 is 1.75 bits per heavy atom. The molecule has 0 spiro atoms. The molecule has 1 fully saturated rings. The number of rotatable bonds is 2. The third-order valence-corrected chi connectivity index (χ3v) is 3.49. The lowest BCUT2D eigenvalue weighted by atomic mass is 10.1. The standard InChI is InChI=1S/C7H6BrNO2S/c8-6-9-4(3-12-6)7(1-2-7)5(10)11/h3H,1-2H2,(H,10,11). The van der Waals surface area contributed by atoms with E-state index >= 15 is 0 Å². The zero-order valence-corrected chi connectivity index (χ0v) is 8.48. The van der Waals surface area contributed by atoms with E-state index in [2.05, 4.69) is 20.9 Å². The molecule has 5 heteroatoms. The lowest BCUT2D eigenvalue weighted by molar-refractivity contribution is -0.140. The molecule has 1 aliphatic carbocycles. The molecule has 1 N–H and O–H groups in total. The zero-order valence-electron chi connectivity index (χ0n) is 6.08. The van der Waals surface area contributed by atoms with Gasteiger partial charge in [-0.05, 0) is 28.8 Å². The molecule has 0 aromatic carbocycles. The number of hydrogen-bond acceptors (Lipinski definition) is 3. The fourth-order valence-corrected chi connectivity index (χ4v) is 2.29. The minimum absolute atomic E-state index is 0.650. The van der Waals surface area contributed by atoms with Crippen molar-refractivity contribution < 1.29 is 9.90 Å². The van der Waals surface area contributed by atoms with Crippen LogP contribution < -0.4 is 0 Å². The van der Waals surface area contributed by atoms with Crippen LogP contribution in [0.4, 0.5) is 0 Å². The summed E-state index contributed by atoms with van der Waals surface area (Å²) in [5.74, 6) is -0.750. The van der Waals surface area contributed by atoms with Crippen LogP contribution in [0.5, 0.6) is 0 Å². The number of halogens is 1. The summed E-state index contributed by atoms with van der Waals surface area (Å²) < 4.78 is 0.755. The van der Waals surface area contributed by atoms with Crippen molar-refractivity contribution in [3.05, 3.63) is 15.0 Å². The largest absolute Gasteiger partial charge is 0.481 e. The maximum atomic E-state index is 10.8. The van der Waals surface area contributed by atoms with Crippen LogP contribution in [0, 0.1) is 0 Å². The molecule has 1 aliphatic rings. The van der Waals surface area contributed by atoms with Gasteiger partial charge < -0.3 is 5.11 Å². The summed E-state index contributed by atoms with van der Waals surface area (Å²) in [5.41, 5.74) is 0.0505. The molecule has 0 atom stereocenters. The van der Waals surface area contributed by atoms with Crippen LogP contribution in [-0.4, -0.2) is 16.1 Å². The molecule has 1 aromatic rings. The van der Waals surface area contributed by atoms with Gasteiger partial charge in [0.15, 0.2) is 3.92 Å². The van der Waals surface area contributed by atoms with E-state index in [1.165, 1.54) is 11.3 Å². The van der Waals surface area contributed by atoms with E-state index < -0.39 is 11.4 Å². The summed E-state index contributed by atoms with van der Waals surface area (Å²) in [6.07, 6.45) is 1.44. The van der Waals surface area contributed by atoms with Crippen molar-refractivity contribution in [3.8, 4) is 0 Å². The van der Waals surface area contributed by atoms with Gasteiger partial charge in [0.2, 0.25) is 0 Å². The van der Waals surface area contributed by atoms with E-state index in [-0.39, 0.29) is 0 Å². The van der Waals surface area contributed by atoms with Crippen molar-refractivity contribution in [1.29, 1.82) is 0 Å². The molecular weight excluding hydrogens is 242 g/mol. The Bertz CT molecular complexity index is 332. The van der Waals surface area contributed by atoms with Crippen molar-refractivity contribution in [3.63, 3.8) is 0 Å². The number of aliphatic carboxylic acids is 1. The monoisotopic (exact) mass is 247 g/mol. The summed E-state index contributed by atoms with van der Waals surface area (Å²) in [5, 5.41) is 10.7. The van der Waals surface area contributed by atoms with Gasteiger partial charge in [0, 0.05) is 5.38 Å². The quantitative estimate of drug-likeness (QED) is 0.871.